The van der Waals surface area contributed by atoms with E-state index in [1.165, 1.54) is 32.1 Å². The SMILES string of the molecule is CCCC(CCC)C(NCC)C(C)CC. The highest BCUT2D eigenvalue weighted by Gasteiger charge is 2.23. The van der Waals surface area contributed by atoms with Gasteiger partial charge in [0.1, 0.15) is 0 Å². The van der Waals surface area contributed by atoms with Crippen LogP contribution in [0.25, 0.3) is 0 Å². The largest absolute Gasteiger partial charge is 0.314 e. The first-order chi connectivity index (χ1) is 7.21. The molecule has 0 saturated heterocycles. The van der Waals surface area contributed by atoms with Crippen LogP contribution < -0.4 is 5.32 Å². The quantitative estimate of drug-likeness (QED) is 0.604. The van der Waals surface area contributed by atoms with Gasteiger partial charge in [-0.3, -0.25) is 0 Å². The fourth-order valence-corrected chi connectivity index (χ4v) is 2.57. The molecule has 0 rings (SSSR count). The summed E-state index contributed by atoms with van der Waals surface area (Å²) in [5.74, 6) is 1.70. The van der Waals surface area contributed by atoms with E-state index in [2.05, 4.69) is 39.9 Å². The summed E-state index contributed by atoms with van der Waals surface area (Å²) in [5.41, 5.74) is 0. The van der Waals surface area contributed by atoms with E-state index in [1.54, 1.807) is 0 Å². The number of rotatable bonds is 9. The maximum absolute atomic E-state index is 3.70. The second-order valence-corrected chi connectivity index (χ2v) is 4.81. The molecule has 0 spiro atoms. The van der Waals surface area contributed by atoms with Crippen LogP contribution in [-0.4, -0.2) is 12.6 Å². The van der Waals surface area contributed by atoms with Gasteiger partial charge in [0, 0.05) is 6.04 Å². The highest BCUT2D eigenvalue weighted by atomic mass is 14.9. The van der Waals surface area contributed by atoms with Gasteiger partial charge in [-0.25, -0.2) is 0 Å². The molecule has 1 heteroatoms. The summed E-state index contributed by atoms with van der Waals surface area (Å²) in [5, 5.41) is 3.70. The fourth-order valence-electron chi connectivity index (χ4n) is 2.57. The molecule has 0 aliphatic rings. The van der Waals surface area contributed by atoms with E-state index in [0.717, 1.165) is 24.4 Å². The average molecular weight is 213 g/mol. The van der Waals surface area contributed by atoms with Crippen molar-refractivity contribution in [3.63, 3.8) is 0 Å². The van der Waals surface area contributed by atoms with Gasteiger partial charge in [0.05, 0.1) is 0 Å². The van der Waals surface area contributed by atoms with Gasteiger partial charge in [0.2, 0.25) is 0 Å². The standard InChI is InChI=1S/C14H31N/c1-6-10-13(11-7-2)14(15-9-4)12(5)8-3/h12-15H,6-11H2,1-5H3. The van der Waals surface area contributed by atoms with Crippen LogP contribution in [0.2, 0.25) is 0 Å². The van der Waals surface area contributed by atoms with Crippen LogP contribution in [0.15, 0.2) is 0 Å². The van der Waals surface area contributed by atoms with E-state index >= 15 is 0 Å². The molecule has 15 heavy (non-hydrogen) atoms. The van der Waals surface area contributed by atoms with Gasteiger partial charge in [-0.05, 0) is 31.2 Å². The van der Waals surface area contributed by atoms with Crippen molar-refractivity contribution in [3.8, 4) is 0 Å². The Morgan fingerprint density at radius 1 is 0.933 bits per heavy atom. The van der Waals surface area contributed by atoms with Crippen molar-refractivity contribution < 1.29 is 0 Å². The molecule has 2 atom stereocenters. The van der Waals surface area contributed by atoms with Crippen molar-refractivity contribution in [2.24, 2.45) is 11.8 Å². The Balaban J connectivity index is 4.35. The third-order valence-corrected chi connectivity index (χ3v) is 3.52. The summed E-state index contributed by atoms with van der Waals surface area (Å²) < 4.78 is 0. The summed E-state index contributed by atoms with van der Waals surface area (Å²) >= 11 is 0. The molecule has 1 N–H and O–H groups in total. The first-order valence-corrected chi connectivity index (χ1v) is 6.94. The maximum Gasteiger partial charge on any atom is 0.0121 e. The summed E-state index contributed by atoms with van der Waals surface area (Å²) in [7, 11) is 0. The van der Waals surface area contributed by atoms with Gasteiger partial charge in [0.25, 0.3) is 0 Å². The Morgan fingerprint density at radius 2 is 1.47 bits per heavy atom. The van der Waals surface area contributed by atoms with Crippen LogP contribution >= 0.6 is 0 Å². The fraction of sp³-hybridized carbons (Fsp3) is 1.00. The van der Waals surface area contributed by atoms with Gasteiger partial charge < -0.3 is 5.32 Å². The summed E-state index contributed by atoms with van der Waals surface area (Å²) in [6.07, 6.45) is 6.71. The Kier molecular flexibility index (Phi) is 9.18. The van der Waals surface area contributed by atoms with E-state index in [9.17, 15) is 0 Å². The van der Waals surface area contributed by atoms with Crippen LogP contribution in [0, 0.1) is 11.8 Å². The van der Waals surface area contributed by atoms with Crippen molar-refractivity contribution >= 4 is 0 Å². The van der Waals surface area contributed by atoms with Gasteiger partial charge in [-0.1, -0.05) is 53.9 Å². The average Bonchev–Trinajstić information content (AvgIpc) is 2.25. The Hall–Kier alpha value is -0.0400. The molecule has 92 valence electrons. The van der Waals surface area contributed by atoms with E-state index in [1.807, 2.05) is 0 Å². The molecule has 0 aromatic rings. The third-order valence-electron chi connectivity index (χ3n) is 3.52. The molecular weight excluding hydrogens is 182 g/mol. The minimum absolute atomic E-state index is 0.736. The highest BCUT2D eigenvalue weighted by molar-refractivity contribution is 4.80. The Labute approximate surface area is 97.0 Å². The lowest BCUT2D eigenvalue weighted by Crippen LogP contribution is -2.41. The van der Waals surface area contributed by atoms with Crippen LogP contribution in [-0.2, 0) is 0 Å². The molecule has 2 unspecified atom stereocenters. The van der Waals surface area contributed by atoms with Gasteiger partial charge in [0.15, 0.2) is 0 Å². The molecule has 0 aliphatic carbocycles. The van der Waals surface area contributed by atoms with Crippen LogP contribution in [0.1, 0.15) is 66.7 Å². The molecule has 0 aliphatic heterocycles. The molecule has 0 amide bonds. The molecule has 0 saturated carbocycles. The van der Waals surface area contributed by atoms with Crippen molar-refractivity contribution in [2.45, 2.75) is 72.8 Å². The van der Waals surface area contributed by atoms with Gasteiger partial charge in [-0.2, -0.15) is 0 Å². The molecule has 0 fully saturated rings. The Morgan fingerprint density at radius 3 is 1.80 bits per heavy atom. The zero-order valence-electron chi connectivity index (χ0n) is 11.5. The summed E-state index contributed by atoms with van der Waals surface area (Å²) in [6, 6.07) is 0.736. The molecule has 0 radical (unpaired) electrons. The Bertz CT molecular complexity index is 127. The monoisotopic (exact) mass is 213 g/mol. The highest BCUT2D eigenvalue weighted by Crippen LogP contribution is 2.24. The maximum atomic E-state index is 3.70. The van der Waals surface area contributed by atoms with Gasteiger partial charge in [-0.15, -0.1) is 0 Å². The second-order valence-electron chi connectivity index (χ2n) is 4.81. The minimum atomic E-state index is 0.736. The van der Waals surface area contributed by atoms with Crippen molar-refractivity contribution in [2.75, 3.05) is 6.54 Å². The molecule has 1 nitrogen and oxygen atoms in total. The van der Waals surface area contributed by atoms with Crippen molar-refractivity contribution in [1.82, 2.24) is 5.32 Å². The van der Waals surface area contributed by atoms with Crippen LogP contribution in [0.4, 0.5) is 0 Å². The van der Waals surface area contributed by atoms with Crippen molar-refractivity contribution in [3.05, 3.63) is 0 Å². The zero-order chi connectivity index (χ0) is 11.7. The predicted molar refractivity (Wildman–Crippen MR) is 70.2 cm³/mol. The molecule has 0 aromatic carbocycles. The minimum Gasteiger partial charge on any atom is -0.314 e. The molecular formula is C14H31N. The third kappa shape index (κ3) is 5.55. The van der Waals surface area contributed by atoms with Crippen LogP contribution in [0.5, 0.6) is 0 Å². The molecule has 0 aromatic heterocycles. The topological polar surface area (TPSA) is 12.0 Å². The summed E-state index contributed by atoms with van der Waals surface area (Å²) in [4.78, 5) is 0. The van der Waals surface area contributed by atoms with Crippen LogP contribution in [0.3, 0.4) is 0 Å². The van der Waals surface area contributed by atoms with Gasteiger partial charge >= 0.3 is 0 Å². The predicted octanol–water partition coefficient (Wildman–Crippen LogP) is 4.23. The molecule has 0 bridgehead atoms. The molecule has 0 heterocycles. The second kappa shape index (κ2) is 9.21. The van der Waals surface area contributed by atoms with Crippen molar-refractivity contribution in [1.29, 1.82) is 0 Å². The lowest BCUT2D eigenvalue weighted by Gasteiger charge is -2.32. The number of nitrogens with one attached hydrogen (secondary N) is 1. The smallest absolute Gasteiger partial charge is 0.0121 e. The summed E-state index contributed by atoms with van der Waals surface area (Å²) in [6.45, 7) is 12.7. The lowest BCUT2D eigenvalue weighted by molar-refractivity contribution is 0.240. The van der Waals surface area contributed by atoms with E-state index < -0.39 is 0 Å². The zero-order valence-corrected chi connectivity index (χ0v) is 11.5. The number of hydrogen-bond acceptors (Lipinski definition) is 1. The first-order valence-electron chi connectivity index (χ1n) is 6.94. The first kappa shape index (κ1) is 15.0. The lowest BCUT2D eigenvalue weighted by atomic mass is 9.82. The van der Waals surface area contributed by atoms with E-state index in [0.29, 0.717) is 0 Å². The normalized spacial score (nSPS) is 15.6. The van der Waals surface area contributed by atoms with E-state index in [-0.39, 0.29) is 0 Å². The number of hydrogen-bond donors (Lipinski definition) is 1. The van der Waals surface area contributed by atoms with E-state index in [4.69, 9.17) is 0 Å².